The number of benzene rings is 2. The summed E-state index contributed by atoms with van der Waals surface area (Å²) in [6.45, 7) is 12.7. The van der Waals surface area contributed by atoms with Crippen LogP contribution in [-0.2, 0) is 11.8 Å². The lowest BCUT2D eigenvalue weighted by atomic mass is 9.97. The van der Waals surface area contributed by atoms with Gasteiger partial charge in [-0.2, -0.15) is 5.26 Å². The molecule has 1 atom stereocenters. The Morgan fingerprint density at radius 2 is 1.86 bits per heavy atom. The first-order valence-corrected chi connectivity index (χ1v) is 14.6. The quantitative estimate of drug-likeness (QED) is 0.283. The highest BCUT2D eigenvalue weighted by Gasteiger charge is 2.31. The number of para-hydroxylation sites is 1. The number of hydrogen-bond acceptors (Lipinski definition) is 5. The van der Waals surface area contributed by atoms with Crippen molar-refractivity contribution in [3.63, 3.8) is 0 Å². The first-order valence-electron chi connectivity index (χ1n) is 14.3. The zero-order valence-corrected chi connectivity index (χ0v) is 25.8. The van der Waals surface area contributed by atoms with E-state index >= 15 is 0 Å². The third-order valence-electron chi connectivity index (χ3n) is 8.22. The Morgan fingerprint density at radius 1 is 1.14 bits per heavy atom. The summed E-state index contributed by atoms with van der Waals surface area (Å²) < 4.78 is 3.13. The van der Waals surface area contributed by atoms with Crippen LogP contribution in [0.2, 0.25) is 5.02 Å². The van der Waals surface area contributed by atoms with Crippen molar-refractivity contribution in [2.75, 3.05) is 24.5 Å². The molecule has 0 radical (unpaired) electrons. The second-order valence-electron chi connectivity index (χ2n) is 11.4. The molecule has 0 aliphatic carbocycles. The van der Waals surface area contributed by atoms with Gasteiger partial charge in [0.15, 0.2) is 0 Å². The van der Waals surface area contributed by atoms with Gasteiger partial charge >= 0.3 is 0 Å². The van der Waals surface area contributed by atoms with Crippen LogP contribution in [0, 0.1) is 18.3 Å². The van der Waals surface area contributed by atoms with E-state index in [1.54, 1.807) is 35.7 Å². The van der Waals surface area contributed by atoms with Gasteiger partial charge in [0.2, 0.25) is 5.91 Å². The maximum atomic E-state index is 14.4. The molecule has 4 aromatic rings. The van der Waals surface area contributed by atoms with Gasteiger partial charge in [-0.15, -0.1) is 0 Å². The monoisotopic (exact) mass is 595 g/mol. The fourth-order valence-electron chi connectivity index (χ4n) is 6.08. The average molecular weight is 596 g/mol. The first-order chi connectivity index (χ1) is 20.5. The van der Waals surface area contributed by atoms with Crippen LogP contribution in [0.5, 0.6) is 0 Å². The van der Waals surface area contributed by atoms with E-state index in [0.717, 1.165) is 11.1 Å². The van der Waals surface area contributed by atoms with Crippen LogP contribution in [-0.4, -0.2) is 45.6 Å². The lowest BCUT2D eigenvalue weighted by molar-refractivity contribution is -0.126. The summed E-state index contributed by atoms with van der Waals surface area (Å²) in [4.78, 5) is 43.0. The molecule has 9 heteroatoms. The van der Waals surface area contributed by atoms with Crippen molar-refractivity contribution in [3.05, 3.63) is 104 Å². The number of hydrogen-bond donors (Lipinski definition) is 0. The first kappa shape index (κ1) is 29.9. The van der Waals surface area contributed by atoms with Crippen LogP contribution in [0.1, 0.15) is 43.4 Å². The number of carbonyl (C=O) groups is 1. The number of aromatic nitrogens is 2. The number of piperazine rings is 1. The van der Waals surface area contributed by atoms with Crippen molar-refractivity contribution >= 4 is 34.1 Å². The number of halogens is 1. The molecular weight excluding hydrogens is 562 g/mol. The topological polar surface area (TPSA) is 91.3 Å². The molecule has 3 heterocycles. The number of amides is 1. The second kappa shape index (κ2) is 11.6. The molecule has 220 valence electrons. The normalized spacial score (nSPS) is 15.2. The second-order valence-corrected chi connectivity index (χ2v) is 11.8. The van der Waals surface area contributed by atoms with Crippen LogP contribution in [0.3, 0.4) is 0 Å². The highest BCUT2D eigenvalue weighted by molar-refractivity contribution is 6.34. The van der Waals surface area contributed by atoms with Crippen LogP contribution in [0.4, 0.5) is 5.69 Å². The van der Waals surface area contributed by atoms with Crippen molar-refractivity contribution < 1.29 is 4.79 Å². The summed E-state index contributed by atoms with van der Waals surface area (Å²) in [5.41, 5.74) is 4.19. The summed E-state index contributed by atoms with van der Waals surface area (Å²) in [6.07, 6.45) is 3.03. The maximum Gasteiger partial charge on any atom is 0.275 e. The van der Waals surface area contributed by atoms with Crippen LogP contribution in [0.25, 0.3) is 27.7 Å². The summed E-state index contributed by atoms with van der Waals surface area (Å²) >= 11 is 6.99. The molecule has 8 nitrogen and oxygen atoms in total. The molecule has 1 fully saturated rings. The number of nitrogens with zero attached hydrogens (tertiary/aromatic N) is 5. The number of nitriles is 1. The van der Waals surface area contributed by atoms with Crippen molar-refractivity contribution in [2.24, 2.45) is 7.05 Å². The molecule has 5 rings (SSSR count). The van der Waals surface area contributed by atoms with Gasteiger partial charge in [0.05, 0.1) is 16.9 Å². The van der Waals surface area contributed by atoms with Crippen molar-refractivity contribution in [3.8, 4) is 22.9 Å². The maximum absolute atomic E-state index is 14.4. The molecule has 2 aromatic carbocycles. The SMILES string of the molecule is C=CC(=O)N1CCN(c2c(C#N)c(=O)n(-c3ccccc3C(C)C)c3cc(-c4cc(C)c(=O)n(C)c4)c(Cl)cc23)[C@@H](C)C1. The van der Waals surface area contributed by atoms with Gasteiger partial charge in [0, 0.05) is 66.0 Å². The minimum absolute atomic E-state index is 0.0168. The van der Waals surface area contributed by atoms with E-state index < -0.39 is 5.56 Å². The van der Waals surface area contributed by atoms with E-state index in [9.17, 15) is 19.6 Å². The summed E-state index contributed by atoms with van der Waals surface area (Å²) in [5, 5.41) is 11.5. The minimum Gasteiger partial charge on any atom is -0.363 e. The van der Waals surface area contributed by atoms with Gasteiger partial charge in [0.1, 0.15) is 11.6 Å². The van der Waals surface area contributed by atoms with Crippen molar-refractivity contribution in [1.82, 2.24) is 14.0 Å². The molecule has 0 bridgehead atoms. The Morgan fingerprint density at radius 3 is 2.49 bits per heavy atom. The number of rotatable bonds is 5. The number of anilines is 1. The lowest BCUT2D eigenvalue weighted by Crippen LogP contribution is -2.54. The van der Waals surface area contributed by atoms with Gasteiger partial charge in [-0.1, -0.05) is 50.2 Å². The smallest absolute Gasteiger partial charge is 0.275 e. The third-order valence-corrected chi connectivity index (χ3v) is 8.53. The van der Waals surface area contributed by atoms with E-state index in [2.05, 4.69) is 26.5 Å². The Balaban J connectivity index is 1.88. The standard InChI is InChI=1S/C34H34ClN5O3/c1-7-31(41)38-12-13-39(22(5)18-38)32-26-15-28(35)25(23-14-21(4)33(42)37(6)19-23)16-30(26)40(34(43)27(32)17-36)29-11-9-8-10-24(29)20(2)3/h7-11,14-16,19-20,22H,1,12-13,18H2,2-6H3/t22-/m0/s1. The van der Waals surface area contributed by atoms with E-state index in [4.69, 9.17) is 11.6 Å². The molecule has 1 amide bonds. The van der Waals surface area contributed by atoms with E-state index in [0.29, 0.717) is 58.1 Å². The van der Waals surface area contributed by atoms with E-state index in [1.165, 1.54) is 10.6 Å². The number of carbonyl (C=O) groups excluding carboxylic acids is 1. The molecule has 0 saturated carbocycles. The number of aryl methyl sites for hydroxylation is 2. The molecule has 2 aromatic heterocycles. The molecule has 0 spiro atoms. The molecule has 1 aliphatic rings. The third kappa shape index (κ3) is 5.15. The highest BCUT2D eigenvalue weighted by atomic mass is 35.5. The Bertz CT molecular complexity index is 1920. The number of fused-ring (bicyclic) bond motifs is 1. The molecule has 43 heavy (non-hydrogen) atoms. The van der Waals surface area contributed by atoms with Crippen molar-refractivity contribution in [1.29, 1.82) is 5.26 Å². The van der Waals surface area contributed by atoms with Gasteiger partial charge in [-0.3, -0.25) is 19.0 Å². The number of pyridine rings is 2. The Labute approximate surface area is 255 Å². The zero-order chi connectivity index (χ0) is 31.2. The van der Waals surface area contributed by atoms with Crippen LogP contribution < -0.4 is 16.0 Å². The zero-order valence-electron chi connectivity index (χ0n) is 25.0. The average Bonchev–Trinajstić information content (AvgIpc) is 2.98. The van der Waals surface area contributed by atoms with Gasteiger partial charge < -0.3 is 14.4 Å². The van der Waals surface area contributed by atoms with Gasteiger partial charge in [-0.25, -0.2) is 0 Å². The van der Waals surface area contributed by atoms with Gasteiger partial charge in [-0.05, 0) is 55.7 Å². The fraction of sp³-hybridized carbons (Fsp3) is 0.294. The van der Waals surface area contributed by atoms with E-state index in [-0.39, 0.29) is 29.0 Å². The molecular formula is C34H34ClN5O3. The summed E-state index contributed by atoms with van der Waals surface area (Å²) in [6, 6.07) is 15.2. The van der Waals surface area contributed by atoms with E-state index in [1.807, 2.05) is 48.2 Å². The molecule has 1 saturated heterocycles. The lowest BCUT2D eigenvalue weighted by Gasteiger charge is -2.41. The Kier molecular flexibility index (Phi) is 8.04. The predicted molar refractivity (Wildman–Crippen MR) is 172 cm³/mol. The fourth-order valence-corrected chi connectivity index (χ4v) is 6.35. The Hall–Kier alpha value is -4.61. The molecule has 0 N–H and O–H groups in total. The molecule has 0 unspecified atom stereocenters. The minimum atomic E-state index is -0.431. The van der Waals surface area contributed by atoms with Crippen LogP contribution in [0.15, 0.2) is 70.9 Å². The predicted octanol–water partition coefficient (Wildman–Crippen LogP) is 5.54. The largest absolute Gasteiger partial charge is 0.363 e. The summed E-state index contributed by atoms with van der Waals surface area (Å²) in [7, 11) is 1.69. The molecule has 1 aliphatic heterocycles. The summed E-state index contributed by atoms with van der Waals surface area (Å²) in [5.74, 6) is -0.0465. The van der Waals surface area contributed by atoms with Gasteiger partial charge in [0.25, 0.3) is 11.1 Å². The van der Waals surface area contributed by atoms with Crippen LogP contribution >= 0.6 is 11.6 Å². The highest BCUT2D eigenvalue weighted by Crippen LogP contribution is 2.39. The van der Waals surface area contributed by atoms with Crippen molar-refractivity contribution in [2.45, 2.75) is 39.7 Å².